The largest absolute Gasteiger partial charge is 0.444 e. The van der Waals surface area contributed by atoms with E-state index in [1.54, 1.807) is 26.8 Å². The molecule has 0 aliphatic heterocycles. The molecule has 0 bridgehead atoms. The molecule has 3 aromatic carbocycles. The lowest BCUT2D eigenvalue weighted by Gasteiger charge is -2.29. The van der Waals surface area contributed by atoms with Gasteiger partial charge >= 0.3 is 11.8 Å². The quantitative estimate of drug-likeness (QED) is 0.332. The van der Waals surface area contributed by atoms with Crippen molar-refractivity contribution in [3.8, 4) is 11.1 Å². The summed E-state index contributed by atoms with van der Waals surface area (Å²) < 4.78 is 21.9. The fraction of sp³-hybridized carbons (Fsp3) is 0.226. The third-order valence-corrected chi connectivity index (χ3v) is 6.10. The summed E-state index contributed by atoms with van der Waals surface area (Å²) in [6, 6.07) is 21.8. The number of carbonyl (C=O) groups is 2. The number of benzene rings is 3. The molecule has 2 N–H and O–H groups in total. The van der Waals surface area contributed by atoms with Gasteiger partial charge in [0, 0.05) is 42.2 Å². The van der Waals surface area contributed by atoms with Crippen molar-refractivity contribution >= 4 is 17.7 Å². The number of amides is 2. The minimum atomic E-state index is -1.10. The molecule has 0 spiro atoms. The number of rotatable bonds is 7. The van der Waals surface area contributed by atoms with Crippen LogP contribution in [0.4, 0.5) is 14.9 Å². The summed E-state index contributed by atoms with van der Waals surface area (Å²) in [4.78, 5) is 42.0. The van der Waals surface area contributed by atoms with Gasteiger partial charge in [0.05, 0.1) is 0 Å². The molecule has 8 nitrogen and oxygen atoms in total. The Balaban J connectivity index is 1.69. The molecule has 0 unspecified atom stereocenters. The van der Waals surface area contributed by atoms with Gasteiger partial charge in [-0.05, 0) is 50.1 Å². The number of hydrogen-bond acceptors (Lipinski definition) is 5. The summed E-state index contributed by atoms with van der Waals surface area (Å²) in [5.41, 5.74) is 1.19. The predicted octanol–water partition coefficient (Wildman–Crippen LogP) is 5.25. The molecule has 0 radical (unpaired) electrons. The maximum absolute atomic E-state index is 15.1. The van der Waals surface area contributed by atoms with E-state index >= 15 is 4.39 Å². The lowest BCUT2D eigenvalue weighted by molar-refractivity contribution is -0.118. The molecule has 4 rings (SSSR count). The van der Waals surface area contributed by atoms with Crippen molar-refractivity contribution in [3.05, 3.63) is 119 Å². The van der Waals surface area contributed by atoms with Crippen molar-refractivity contribution in [2.75, 3.05) is 5.32 Å². The molecule has 0 aliphatic carbocycles. The molecule has 9 heteroatoms. The van der Waals surface area contributed by atoms with E-state index in [0.29, 0.717) is 5.56 Å². The maximum Gasteiger partial charge on any atom is 0.408 e. The van der Waals surface area contributed by atoms with Gasteiger partial charge in [-0.3, -0.25) is 4.79 Å². The second kappa shape index (κ2) is 11.9. The van der Waals surface area contributed by atoms with Gasteiger partial charge in [0.15, 0.2) is 0 Å². The Morgan fingerprint density at radius 1 is 0.950 bits per heavy atom. The third-order valence-electron chi connectivity index (χ3n) is 6.10. The second-order valence-electron chi connectivity index (χ2n) is 10.3. The Kier molecular flexibility index (Phi) is 8.43. The lowest BCUT2D eigenvalue weighted by Crippen LogP contribution is -2.49. The zero-order valence-corrected chi connectivity index (χ0v) is 22.7. The average molecular weight is 543 g/mol. The summed E-state index contributed by atoms with van der Waals surface area (Å²) in [6.07, 6.45) is 2.02. The highest BCUT2D eigenvalue weighted by atomic mass is 19.1. The van der Waals surface area contributed by atoms with Gasteiger partial charge in [-0.2, -0.15) is 0 Å². The molecule has 1 aromatic heterocycles. The van der Waals surface area contributed by atoms with E-state index in [0.717, 1.165) is 11.1 Å². The highest BCUT2D eigenvalue weighted by Gasteiger charge is 2.34. The van der Waals surface area contributed by atoms with Crippen molar-refractivity contribution in [1.82, 2.24) is 14.9 Å². The number of aromatic nitrogens is 2. The number of nitrogens with one attached hydrogen (secondary N) is 2. The van der Waals surface area contributed by atoms with Crippen LogP contribution >= 0.6 is 0 Å². The molecule has 2 amide bonds. The number of aryl methyl sites for hydroxylation is 1. The van der Waals surface area contributed by atoms with Gasteiger partial charge in [0.2, 0.25) is 5.91 Å². The molecule has 206 valence electrons. The molecular formula is C31H31FN4O4. The number of anilines is 1. The molecule has 0 aliphatic rings. The number of carbonyl (C=O) groups excluding carboxylic acids is 2. The summed E-state index contributed by atoms with van der Waals surface area (Å²) in [5, 5.41) is 5.50. The molecule has 0 saturated carbocycles. The van der Waals surface area contributed by atoms with Crippen LogP contribution in [0.5, 0.6) is 0 Å². The molecule has 1 atom stereocenters. The molecule has 0 fully saturated rings. The van der Waals surface area contributed by atoms with Crippen molar-refractivity contribution in [3.63, 3.8) is 0 Å². The van der Waals surface area contributed by atoms with Crippen molar-refractivity contribution in [2.45, 2.75) is 38.3 Å². The maximum atomic E-state index is 15.1. The van der Waals surface area contributed by atoms with Crippen molar-refractivity contribution < 1.29 is 18.7 Å². The summed E-state index contributed by atoms with van der Waals surface area (Å²) in [5.74, 6) is -1.74. The van der Waals surface area contributed by atoms with Crippen LogP contribution in [0.25, 0.3) is 11.1 Å². The molecule has 0 saturated heterocycles. The Bertz CT molecular complexity index is 1510. The summed E-state index contributed by atoms with van der Waals surface area (Å²) in [7, 11) is 1.53. The standard InChI is InChI=1S/C31H31FN4O4/c1-31(2,3)40-30(39)35-27(26(20-11-7-5-8-12-20)21-13-9-6-10-14-21)28(37)34-23-15-16-24(25(32)17-23)22-18-33-29(38)36(4)19-22/h5-19,26-27H,1-4H3,(H,34,37)(H,35,39)/t27-/m0/s1. The first-order chi connectivity index (χ1) is 19.0. The van der Waals surface area contributed by atoms with Crippen LogP contribution in [-0.2, 0) is 16.6 Å². The van der Waals surface area contributed by atoms with Crippen LogP contribution in [0, 0.1) is 5.82 Å². The first kappa shape index (κ1) is 28.2. The van der Waals surface area contributed by atoms with Crippen LogP contribution in [0.2, 0.25) is 0 Å². The van der Waals surface area contributed by atoms with E-state index in [-0.39, 0.29) is 11.3 Å². The van der Waals surface area contributed by atoms with Crippen LogP contribution in [-0.4, -0.2) is 33.2 Å². The Labute approximate surface area is 231 Å². The number of ether oxygens (including phenoxy) is 1. The van der Waals surface area contributed by atoms with E-state index in [2.05, 4.69) is 15.6 Å². The SMILES string of the molecule is Cn1cc(-c2ccc(NC(=O)[C@@H](NC(=O)OC(C)(C)C)C(c3ccccc3)c3ccccc3)cc2F)cnc1=O. The zero-order valence-electron chi connectivity index (χ0n) is 22.7. The van der Waals surface area contributed by atoms with Crippen molar-refractivity contribution in [2.24, 2.45) is 7.05 Å². The van der Waals surface area contributed by atoms with E-state index in [1.165, 1.54) is 36.1 Å². The predicted molar refractivity (Wildman–Crippen MR) is 151 cm³/mol. The fourth-order valence-electron chi connectivity index (χ4n) is 4.33. The van der Waals surface area contributed by atoms with E-state index in [9.17, 15) is 14.4 Å². The van der Waals surface area contributed by atoms with Gasteiger partial charge in [0.25, 0.3) is 0 Å². The normalized spacial score (nSPS) is 12.1. The van der Waals surface area contributed by atoms with Crippen LogP contribution < -0.4 is 16.3 Å². The van der Waals surface area contributed by atoms with Crippen molar-refractivity contribution in [1.29, 1.82) is 0 Å². The van der Waals surface area contributed by atoms with Gasteiger partial charge in [0.1, 0.15) is 17.5 Å². The molecule has 4 aromatic rings. The number of hydrogen-bond donors (Lipinski definition) is 2. The minimum absolute atomic E-state index is 0.194. The van der Waals surface area contributed by atoms with Crippen LogP contribution in [0.15, 0.2) is 96.1 Å². The molecular weight excluding hydrogens is 511 g/mol. The number of halogens is 1. The fourth-order valence-corrected chi connectivity index (χ4v) is 4.33. The average Bonchev–Trinajstić information content (AvgIpc) is 2.90. The summed E-state index contributed by atoms with van der Waals surface area (Å²) in [6.45, 7) is 5.20. The zero-order chi connectivity index (χ0) is 28.9. The first-order valence-electron chi connectivity index (χ1n) is 12.7. The molecule has 1 heterocycles. The summed E-state index contributed by atoms with van der Waals surface area (Å²) >= 11 is 0. The van der Waals surface area contributed by atoms with Crippen LogP contribution in [0.1, 0.15) is 37.8 Å². The Morgan fingerprint density at radius 3 is 2.08 bits per heavy atom. The Morgan fingerprint density at radius 2 is 1.55 bits per heavy atom. The van der Waals surface area contributed by atoms with Gasteiger partial charge in [-0.15, -0.1) is 0 Å². The monoisotopic (exact) mass is 542 g/mol. The lowest BCUT2D eigenvalue weighted by atomic mass is 9.84. The van der Waals surface area contributed by atoms with E-state index in [1.807, 2.05) is 60.7 Å². The van der Waals surface area contributed by atoms with Gasteiger partial charge in [-0.1, -0.05) is 60.7 Å². The minimum Gasteiger partial charge on any atom is -0.444 e. The van der Waals surface area contributed by atoms with E-state index < -0.39 is 41.1 Å². The highest BCUT2D eigenvalue weighted by molar-refractivity contribution is 5.98. The Hall–Kier alpha value is -4.79. The first-order valence-corrected chi connectivity index (χ1v) is 12.7. The second-order valence-corrected chi connectivity index (χ2v) is 10.3. The number of alkyl carbamates (subject to hydrolysis) is 1. The molecule has 40 heavy (non-hydrogen) atoms. The highest BCUT2D eigenvalue weighted by Crippen LogP contribution is 2.30. The number of nitrogens with zero attached hydrogens (tertiary/aromatic N) is 2. The van der Waals surface area contributed by atoms with Gasteiger partial charge < -0.3 is 19.9 Å². The van der Waals surface area contributed by atoms with Crippen LogP contribution in [0.3, 0.4) is 0 Å². The third kappa shape index (κ3) is 6.99. The van der Waals surface area contributed by atoms with Gasteiger partial charge in [-0.25, -0.2) is 19.0 Å². The van der Waals surface area contributed by atoms with E-state index in [4.69, 9.17) is 4.74 Å². The smallest absolute Gasteiger partial charge is 0.408 e. The topological polar surface area (TPSA) is 102 Å².